The Labute approximate surface area is 232 Å². The second kappa shape index (κ2) is 9.47. The zero-order valence-corrected chi connectivity index (χ0v) is 22.6. The fraction of sp³-hybridized carbons (Fsp3) is 0.344. The Hall–Kier alpha value is -4.20. The number of pyridine rings is 1. The highest BCUT2D eigenvalue weighted by molar-refractivity contribution is 5.95. The highest BCUT2D eigenvalue weighted by Crippen LogP contribution is 2.43. The van der Waals surface area contributed by atoms with Crippen LogP contribution in [0.3, 0.4) is 0 Å². The molecule has 2 aromatic heterocycles. The van der Waals surface area contributed by atoms with Crippen LogP contribution in [0.2, 0.25) is 0 Å². The number of imidazole rings is 1. The standard InChI is InChI=1S/C32H31FN4O3/c1-19-25-6-4-3-5-20(25)11-12-37(19)31(38)22-13-27(21-7-8-21)30-34-29(18-36(30)15-22)26-10-9-24(14-28(26)33)35-16-23(17-35)32(39)40-2/h3-6,9-10,13-15,18-19,21,23H,7-8,11-12,16-17H2,1-2H3/t19-/m1/s1. The van der Waals surface area contributed by atoms with Crippen molar-refractivity contribution in [1.29, 1.82) is 0 Å². The quantitative estimate of drug-likeness (QED) is 0.319. The van der Waals surface area contributed by atoms with Crippen molar-refractivity contribution in [3.05, 3.63) is 89.0 Å². The van der Waals surface area contributed by atoms with Crippen molar-refractivity contribution < 1.29 is 18.7 Å². The predicted molar refractivity (Wildman–Crippen MR) is 150 cm³/mol. The molecule has 4 aromatic rings. The first-order valence-corrected chi connectivity index (χ1v) is 14.0. The molecule has 0 radical (unpaired) electrons. The van der Waals surface area contributed by atoms with Gasteiger partial charge in [-0.3, -0.25) is 9.59 Å². The van der Waals surface area contributed by atoms with Gasteiger partial charge in [-0.1, -0.05) is 24.3 Å². The number of carbonyl (C=O) groups excluding carboxylic acids is 2. The molecule has 1 saturated carbocycles. The van der Waals surface area contributed by atoms with E-state index >= 15 is 4.39 Å². The normalized spacial score (nSPS) is 18.9. The number of halogens is 1. The van der Waals surface area contributed by atoms with Gasteiger partial charge in [0.25, 0.3) is 5.91 Å². The average molecular weight is 539 g/mol. The summed E-state index contributed by atoms with van der Waals surface area (Å²) in [5.74, 6) is -0.399. The van der Waals surface area contributed by atoms with Crippen molar-refractivity contribution in [2.24, 2.45) is 5.92 Å². The number of amides is 1. The lowest BCUT2D eigenvalue weighted by atomic mass is 9.93. The largest absolute Gasteiger partial charge is 0.469 e. The molecule has 0 N–H and O–H groups in total. The highest BCUT2D eigenvalue weighted by Gasteiger charge is 2.34. The van der Waals surface area contributed by atoms with Crippen LogP contribution in [0.15, 0.2) is 60.9 Å². The van der Waals surface area contributed by atoms with Crippen LogP contribution in [-0.2, 0) is 16.0 Å². The van der Waals surface area contributed by atoms with Gasteiger partial charge in [0, 0.05) is 43.3 Å². The van der Waals surface area contributed by atoms with E-state index in [1.807, 2.05) is 44.8 Å². The van der Waals surface area contributed by atoms with Crippen LogP contribution >= 0.6 is 0 Å². The lowest BCUT2D eigenvalue weighted by Crippen LogP contribution is -2.50. The minimum atomic E-state index is -0.368. The van der Waals surface area contributed by atoms with E-state index in [-0.39, 0.29) is 29.7 Å². The van der Waals surface area contributed by atoms with Crippen LogP contribution < -0.4 is 4.90 Å². The molecule has 8 heteroatoms. The van der Waals surface area contributed by atoms with Gasteiger partial charge in [0.2, 0.25) is 0 Å². The van der Waals surface area contributed by atoms with E-state index in [1.165, 1.54) is 24.3 Å². The van der Waals surface area contributed by atoms with Crippen molar-refractivity contribution in [2.75, 3.05) is 31.6 Å². The summed E-state index contributed by atoms with van der Waals surface area (Å²) in [7, 11) is 1.38. The summed E-state index contributed by atoms with van der Waals surface area (Å²) in [4.78, 5) is 34.3. The second-order valence-electron chi connectivity index (χ2n) is 11.2. The minimum absolute atomic E-state index is 0.00205. The van der Waals surface area contributed by atoms with Gasteiger partial charge in [0.15, 0.2) is 0 Å². The summed E-state index contributed by atoms with van der Waals surface area (Å²) in [6.07, 6.45) is 6.63. The fourth-order valence-electron chi connectivity index (χ4n) is 6.20. The van der Waals surface area contributed by atoms with Gasteiger partial charge in [0.05, 0.1) is 30.3 Å². The zero-order valence-electron chi connectivity index (χ0n) is 22.6. The lowest BCUT2D eigenvalue weighted by molar-refractivity contribution is -0.146. The number of hydrogen-bond acceptors (Lipinski definition) is 5. The molecule has 4 heterocycles. The summed E-state index contributed by atoms with van der Waals surface area (Å²) in [6, 6.07) is 15.4. The molecule has 2 aliphatic heterocycles. The number of aromatic nitrogens is 2. The Balaban J connectivity index is 1.19. The van der Waals surface area contributed by atoms with Crippen LogP contribution in [0.25, 0.3) is 16.9 Å². The predicted octanol–water partition coefficient (Wildman–Crippen LogP) is 5.39. The van der Waals surface area contributed by atoms with Crippen molar-refractivity contribution >= 4 is 23.2 Å². The Bertz CT molecular complexity index is 1650. The smallest absolute Gasteiger partial charge is 0.312 e. The average Bonchev–Trinajstić information content (AvgIpc) is 3.70. The van der Waals surface area contributed by atoms with E-state index in [0.29, 0.717) is 42.4 Å². The van der Waals surface area contributed by atoms with Gasteiger partial charge < -0.3 is 18.9 Å². The van der Waals surface area contributed by atoms with Crippen LogP contribution in [0, 0.1) is 11.7 Å². The third-order valence-electron chi connectivity index (χ3n) is 8.71. The number of benzene rings is 2. The monoisotopic (exact) mass is 538 g/mol. The Kier molecular flexibility index (Phi) is 5.87. The number of anilines is 1. The van der Waals surface area contributed by atoms with Gasteiger partial charge in [0.1, 0.15) is 11.5 Å². The maximum atomic E-state index is 15.4. The molecule has 7 rings (SSSR count). The molecule has 2 fully saturated rings. The van der Waals surface area contributed by atoms with Crippen LogP contribution in [-0.4, -0.2) is 52.9 Å². The van der Waals surface area contributed by atoms with Gasteiger partial charge in [-0.25, -0.2) is 9.37 Å². The molecule has 0 spiro atoms. The van der Waals surface area contributed by atoms with E-state index in [0.717, 1.165) is 36.2 Å². The van der Waals surface area contributed by atoms with Gasteiger partial charge in [-0.15, -0.1) is 0 Å². The van der Waals surface area contributed by atoms with Gasteiger partial charge in [-0.05, 0) is 73.1 Å². The number of rotatable bonds is 5. The third-order valence-corrected chi connectivity index (χ3v) is 8.71. The summed E-state index contributed by atoms with van der Waals surface area (Å²) in [6.45, 7) is 3.80. The molecule has 2 aromatic carbocycles. The number of carbonyl (C=O) groups is 2. The van der Waals surface area contributed by atoms with Crippen LogP contribution in [0.1, 0.15) is 58.8 Å². The van der Waals surface area contributed by atoms with Gasteiger partial charge in [-0.2, -0.15) is 0 Å². The summed E-state index contributed by atoms with van der Waals surface area (Å²) in [5.41, 5.74) is 6.64. The molecule has 204 valence electrons. The first-order chi connectivity index (χ1) is 19.4. The van der Waals surface area contributed by atoms with Crippen molar-refractivity contribution in [3.63, 3.8) is 0 Å². The molecule has 3 aliphatic rings. The Morgan fingerprint density at radius 2 is 1.82 bits per heavy atom. The molecule has 40 heavy (non-hydrogen) atoms. The topological polar surface area (TPSA) is 67.2 Å². The van der Waals surface area contributed by atoms with Crippen molar-refractivity contribution in [3.8, 4) is 11.3 Å². The first kappa shape index (κ1) is 24.8. The maximum absolute atomic E-state index is 15.4. The lowest BCUT2D eigenvalue weighted by Gasteiger charge is -2.39. The third kappa shape index (κ3) is 4.13. The number of fused-ring (bicyclic) bond motifs is 2. The molecule has 1 aliphatic carbocycles. The van der Waals surface area contributed by atoms with E-state index in [4.69, 9.17) is 9.72 Å². The number of methoxy groups -OCH3 is 1. The Morgan fingerprint density at radius 3 is 2.58 bits per heavy atom. The zero-order chi connectivity index (χ0) is 27.5. The summed E-state index contributed by atoms with van der Waals surface area (Å²) < 4.78 is 22.1. The van der Waals surface area contributed by atoms with Crippen molar-refractivity contribution in [1.82, 2.24) is 14.3 Å². The minimum Gasteiger partial charge on any atom is -0.469 e. The molecule has 1 saturated heterocycles. The van der Waals surface area contributed by atoms with E-state index < -0.39 is 0 Å². The first-order valence-electron chi connectivity index (χ1n) is 14.0. The number of nitrogens with zero attached hydrogens (tertiary/aromatic N) is 4. The second-order valence-corrected chi connectivity index (χ2v) is 11.2. The number of ether oxygens (including phenoxy) is 1. The van der Waals surface area contributed by atoms with Crippen molar-refractivity contribution in [2.45, 2.75) is 38.1 Å². The number of esters is 1. The Morgan fingerprint density at radius 1 is 1.02 bits per heavy atom. The number of hydrogen-bond donors (Lipinski definition) is 0. The van der Waals surface area contributed by atoms with Gasteiger partial charge >= 0.3 is 5.97 Å². The summed E-state index contributed by atoms with van der Waals surface area (Å²) >= 11 is 0. The molecule has 7 nitrogen and oxygen atoms in total. The van der Waals surface area contributed by atoms with Crippen LogP contribution in [0.4, 0.5) is 10.1 Å². The summed E-state index contributed by atoms with van der Waals surface area (Å²) in [5, 5.41) is 0. The SMILES string of the molecule is COC(=O)C1CN(c2ccc(-c3cn4cc(C(=O)N5CCc6ccccc6[C@H]5C)cc(C5CC5)c4n3)c(F)c2)C1. The van der Waals surface area contributed by atoms with E-state index in [1.54, 1.807) is 6.07 Å². The maximum Gasteiger partial charge on any atom is 0.312 e. The van der Waals surface area contributed by atoms with Crippen LogP contribution in [0.5, 0.6) is 0 Å². The van der Waals surface area contributed by atoms with E-state index in [2.05, 4.69) is 25.1 Å². The molecule has 1 amide bonds. The molecule has 0 unspecified atom stereocenters. The van der Waals surface area contributed by atoms with E-state index in [9.17, 15) is 9.59 Å². The molecular weight excluding hydrogens is 507 g/mol. The molecular formula is C32H31FN4O3. The fourth-order valence-corrected chi connectivity index (χ4v) is 6.20. The highest BCUT2D eigenvalue weighted by atomic mass is 19.1. The molecule has 1 atom stereocenters. The molecule has 0 bridgehead atoms.